The van der Waals surface area contributed by atoms with Crippen molar-refractivity contribution in [3.63, 3.8) is 0 Å². The van der Waals surface area contributed by atoms with E-state index in [1.165, 1.54) is 13.8 Å². The summed E-state index contributed by atoms with van der Waals surface area (Å²) in [5.74, 6) is 0. The Morgan fingerprint density at radius 2 is 1.00 bits per heavy atom. The molecule has 0 spiro atoms. The lowest BCUT2D eigenvalue weighted by Crippen LogP contribution is -2.66. The molecule has 0 aromatic carbocycles. The zero-order chi connectivity index (χ0) is 23.9. The fourth-order valence-corrected chi connectivity index (χ4v) is 3.92. The predicted octanol–water partition coefficient (Wildman–Crippen LogP) is -5.52. The van der Waals surface area contributed by atoms with Crippen LogP contribution in [0.25, 0.3) is 0 Å². The third-order valence-electron chi connectivity index (χ3n) is 6.02. The molecule has 0 bridgehead atoms. The predicted molar refractivity (Wildman–Crippen MR) is 98.4 cm³/mol. The van der Waals surface area contributed by atoms with Gasteiger partial charge in [0.2, 0.25) is 0 Å². The van der Waals surface area contributed by atoms with E-state index in [1.54, 1.807) is 0 Å². The third-order valence-corrected chi connectivity index (χ3v) is 6.02. The first-order valence-electron chi connectivity index (χ1n) is 10.3. The van der Waals surface area contributed by atoms with E-state index < -0.39 is 98.7 Å². The molecule has 3 aliphatic heterocycles. The molecule has 0 aromatic heterocycles. The smallest absolute Gasteiger partial charge is 0.187 e. The van der Waals surface area contributed by atoms with Crippen LogP contribution in [-0.2, 0) is 23.7 Å². The first-order chi connectivity index (χ1) is 15.0. The molecule has 15 atom stereocenters. The summed E-state index contributed by atoms with van der Waals surface area (Å²) in [7, 11) is 0. The Morgan fingerprint density at radius 1 is 0.562 bits per heavy atom. The Hall–Kier alpha value is -0.560. The van der Waals surface area contributed by atoms with Crippen LogP contribution in [0.3, 0.4) is 0 Å². The highest BCUT2D eigenvalue weighted by molar-refractivity contribution is 4.95. The van der Waals surface area contributed by atoms with Gasteiger partial charge in [-0.2, -0.15) is 0 Å². The standard InChI is InChI=1S/C18H32O14/c1-4-7(20)10(23)12(25)17(28-4)31-14-9(22)6(3-19)30-16(27)15(14)32-18-13(26)11(24)8(21)5(2)29-18/h4-27H,3H2,1-2H3/t4-,5-,6+,7-,8-,9+,10+,11+,12+,13+,14-,15+,16?,17-,18-/m0/s1. The lowest BCUT2D eigenvalue weighted by Gasteiger charge is -2.48. The van der Waals surface area contributed by atoms with E-state index in [4.69, 9.17) is 23.7 Å². The first-order valence-corrected chi connectivity index (χ1v) is 10.3. The van der Waals surface area contributed by atoms with Gasteiger partial charge in [0, 0.05) is 0 Å². The van der Waals surface area contributed by atoms with Crippen molar-refractivity contribution >= 4 is 0 Å². The lowest BCUT2D eigenvalue weighted by molar-refractivity contribution is -0.385. The van der Waals surface area contributed by atoms with Gasteiger partial charge in [-0.1, -0.05) is 0 Å². The molecular formula is C18H32O14. The van der Waals surface area contributed by atoms with Gasteiger partial charge in [-0.05, 0) is 13.8 Å². The molecule has 3 fully saturated rings. The van der Waals surface area contributed by atoms with Gasteiger partial charge in [-0.15, -0.1) is 0 Å². The third kappa shape index (κ3) is 4.94. The fourth-order valence-electron chi connectivity index (χ4n) is 3.92. The second-order valence-electron chi connectivity index (χ2n) is 8.30. The monoisotopic (exact) mass is 472 g/mol. The molecule has 0 radical (unpaired) electrons. The number of rotatable bonds is 5. The number of hydrogen-bond acceptors (Lipinski definition) is 14. The second-order valence-corrected chi connectivity index (χ2v) is 8.30. The van der Waals surface area contributed by atoms with Gasteiger partial charge in [0.05, 0.1) is 18.8 Å². The minimum atomic E-state index is -1.83. The SMILES string of the molecule is C[C@@H]1O[C@@H](O[C@H]2[C@H](O)[C@@H](CO)OC(O)[C@@H]2O[C@@H]2O[C@@H](C)[C@H](O)[C@@H](O)[C@H]2O)[C@H](O)[C@H](O)[C@H]1O. The maximum Gasteiger partial charge on any atom is 0.187 e. The minimum Gasteiger partial charge on any atom is -0.394 e. The van der Waals surface area contributed by atoms with E-state index in [0.717, 1.165) is 0 Å². The van der Waals surface area contributed by atoms with Gasteiger partial charge < -0.3 is 69.6 Å². The lowest BCUT2D eigenvalue weighted by atomic mass is 9.96. The number of hydrogen-bond donors (Lipinski definition) is 9. The zero-order valence-electron chi connectivity index (χ0n) is 17.4. The molecule has 0 saturated carbocycles. The van der Waals surface area contributed by atoms with Gasteiger partial charge in [-0.25, -0.2) is 0 Å². The quantitative estimate of drug-likeness (QED) is 0.182. The highest BCUT2D eigenvalue weighted by atomic mass is 16.8. The average molecular weight is 472 g/mol. The van der Waals surface area contributed by atoms with Crippen molar-refractivity contribution in [3.8, 4) is 0 Å². The van der Waals surface area contributed by atoms with Crippen LogP contribution in [0, 0.1) is 0 Å². The number of aliphatic hydroxyl groups is 9. The first kappa shape index (κ1) is 26.1. The van der Waals surface area contributed by atoms with Gasteiger partial charge in [-0.3, -0.25) is 0 Å². The van der Waals surface area contributed by atoms with E-state index >= 15 is 0 Å². The van der Waals surface area contributed by atoms with Crippen LogP contribution in [0.4, 0.5) is 0 Å². The normalized spacial score (nSPS) is 55.0. The van der Waals surface area contributed by atoms with Crippen molar-refractivity contribution in [2.75, 3.05) is 6.61 Å². The van der Waals surface area contributed by atoms with Crippen molar-refractivity contribution in [1.29, 1.82) is 0 Å². The highest BCUT2D eigenvalue weighted by Crippen LogP contribution is 2.32. The summed E-state index contributed by atoms with van der Waals surface area (Å²) in [5, 5.41) is 90.6. The molecule has 188 valence electrons. The molecule has 0 aliphatic carbocycles. The molecule has 3 heterocycles. The minimum absolute atomic E-state index is 0.721. The van der Waals surface area contributed by atoms with E-state index in [-0.39, 0.29) is 0 Å². The Kier molecular flexibility index (Phi) is 8.44. The van der Waals surface area contributed by atoms with Gasteiger partial charge in [0.1, 0.15) is 61.0 Å². The number of ether oxygens (including phenoxy) is 5. The van der Waals surface area contributed by atoms with Gasteiger partial charge in [0.25, 0.3) is 0 Å². The second kappa shape index (κ2) is 10.4. The Labute approximate surface area is 183 Å². The van der Waals surface area contributed by atoms with Crippen molar-refractivity contribution in [1.82, 2.24) is 0 Å². The summed E-state index contributed by atoms with van der Waals surface area (Å²) >= 11 is 0. The van der Waals surface area contributed by atoms with Crippen LogP contribution in [0.5, 0.6) is 0 Å². The van der Waals surface area contributed by atoms with Crippen LogP contribution in [-0.4, -0.2) is 145 Å². The van der Waals surface area contributed by atoms with Crippen LogP contribution in [0.15, 0.2) is 0 Å². The van der Waals surface area contributed by atoms with Crippen LogP contribution in [0.2, 0.25) is 0 Å². The Bertz CT molecular complexity index is 610. The summed E-state index contributed by atoms with van der Waals surface area (Å²) in [6.07, 6.45) is -22.6. The maximum atomic E-state index is 10.6. The van der Waals surface area contributed by atoms with Crippen LogP contribution < -0.4 is 0 Å². The fraction of sp³-hybridized carbons (Fsp3) is 1.00. The molecule has 0 aromatic rings. The van der Waals surface area contributed by atoms with E-state index in [1.807, 2.05) is 0 Å². The van der Waals surface area contributed by atoms with Crippen molar-refractivity contribution in [2.45, 2.75) is 106 Å². The Balaban J connectivity index is 1.81. The topological polar surface area (TPSA) is 228 Å². The highest BCUT2D eigenvalue weighted by Gasteiger charge is 2.53. The van der Waals surface area contributed by atoms with E-state index in [2.05, 4.69) is 0 Å². The van der Waals surface area contributed by atoms with E-state index in [9.17, 15) is 46.0 Å². The maximum absolute atomic E-state index is 10.6. The van der Waals surface area contributed by atoms with Gasteiger partial charge in [0.15, 0.2) is 18.9 Å². The summed E-state index contributed by atoms with van der Waals surface area (Å²) in [4.78, 5) is 0. The molecule has 3 rings (SSSR count). The van der Waals surface area contributed by atoms with Gasteiger partial charge >= 0.3 is 0 Å². The van der Waals surface area contributed by atoms with Crippen LogP contribution in [0.1, 0.15) is 13.8 Å². The van der Waals surface area contributed by atoms with Crippen molar-refractivity contribution in [3.05, 3.63) is 0 Å². The molecule has 1 unspecified atom stereocenters. The summed E-state index contributed by atoms with van der Waals surface area (Å²) < 4.78 is 27.0. The molecule has 14 heteroatoms. The molecule has 3 aliphatic rings. The average Bonchev–Trinajstić information content (AvgIpc) is 2.76. The molecular weight excluding hydrogens is 440 g/mol. The summed E-state index contributed by atoms with van der Waals surface area (Å²) in [6.45, 7) is 2.10. The van der Waals surface area contributed by atoms with Crippen LogP contribution >= 0.6 is 0 Å². The van der Waals surface area contributed by atoms with Crippen molar-refractivity contribution in [2.24, 2.45) is 0 Å². The summed E-state index contributed by atoms with van der Waals surface area (Å²) in [5.41, 5.74) is 0. The molecule has 3 saturated heterocycles. The molecule has 32 heavy (non-hydrogen) atoms. The number of aliphatic hydroxyl groups excluding tert-OH is 9. The Morgan fingerprint density at radius 3 is 1.44 bits per heavy atom. The zero-order valence-corrected chi connectivity index (χ0v) is 17.4. The molecule has 14 nitrogen and oxygen atoms in total. The van der Waals surface area contributed by atoms with Crippen molar-refractivity contribution < 1.29 is 69.6 Å². The molecule has 9 N–H and O–H groups in total. The molecule has 0 amide bonds. The largest absolute Gasteiger partial charge is 0.394 e. The summed E-state index contributed by atoms with van der Waals surface area (Å²) in [6, 6.07) is 0. The van der Waals surface area contributed by atoms with E-state index in [0.29, 0.717) is 0 Å².